The van der Waals surface area contributed by atoms with Crippen molar-refractivity contribution in [3.8, 4) is 0 Å². The Balaban J connectivity index is 2.32. The molecule has 2 aromatic heterocycles. The second-order valence-electron chi connectivity index (χ2n) is 3.26. The van der Waals surface area contributed by atoms with Crippen molar-refractivity contribution in [2.24, 2.45) is 7.05 Å². The van der Waals surface area contributed by atoms with Gasteiger partial charge in [0, 0.05) is 13.2 Å². The topological polar surface area (TPSA) is 60.7 Å². The van der Waals surface area contributed by atoms with Crippen molar-refractivity contribution in [2.75, 3.05) is 0 Å². The molecule has 2 rings (SSSR count). The van der Waals surface area contributed by atoms with Gasteiger partial charge in [0.25, 0.3) is 0 Å². The summed E-state index contributed by atoms with van der Waals surface area (Å²) in [7, 11) is 1.76. The van der Waals surface area contributed by atoms with E-state index in [4.69, 9.17) is 0 Å². The molecule has 0 unspecified atom stereocenters. The average molecular weight is 202 g/mol. The van der Waals surface area contributed by atoms with Crippen LogP contribution < -0.4 is 0 Å². The fraction of sp³-hybridized carbons (Fsp3) is 0.200. The molecule has 5 heteroatoms. The van der Waals surface area contributed by atoms with Gasteiger partial charge in [-0.2, -0.15) is 10.2 Å². The van der Waals surface area contributed by atoms with Gasteiger partial charge in [0.1, 0.15) is 11.4 Å². The van der Waals surface area contributed by atoms with Gasteiger partial charge < -0.3 is 0 Å². The van der Waals surface area contributed by atoms with Crippen molar-refractivity contribution in [3.63, 3.8) is 0 Å². The lowest BCUT2D eigenvalue weighted by Crippen LogP contribution is -2.07. The lowest BCUT2D eigenvalue weighted by molar-refractivity contribution is 0.102. The third-order valence-corrected chi connectivity index (χ3v) is 1.98. The van der Waals surface area contributed by atoms with Gasteiger partial charge in [-0.1, -0.05) is 0 Å². The second-order valence-corrected chi connectivity index (χ2v) is 3.26. The van der Waals surface area contributed by atoms with Gasteiger partial charge in [-0.25, -0.2) is 0 Å². The maximum absolute atomic E-state index is 11.8. The van der Waals surface area contributed by atoms with Crippen LogP contribution in [0.15, 0.2) is 24.4 Å². The number of rotatable bonds is 2. The molecule has 0 amide bonds. The van der Waals surface area contributed by atoms with Crippen molar-refractivity contribution < 1.29 is 4.79 Å². The van der Waals surface area contributed by atoms with E-state index >= 15 is 0 Å². The maximum atomic E-state index is 11.8. The SMILES string of the molecule is Cc1ccc(C(=O)c2ccn(C)n2)nn1. The van der Waals surface area contributed by atoms with Gasteiger partial charge in [-0.15, -0.1) is 5.10 Å². The van der Waals surface area contributed by atoms with Crippen molar-refractivity contribution in [1.82, 2.24) is 20.0 Å². The Morgan fingerprint density at radius 2 is 2.00 bits per heavy atom. The van der Waals surface area contributed by atoms with Crippen LogP contribution in [-0.2, 0) is 7.05 Å². The summed E-state index contributed by atoms with van der Waals surface area (Å²) in [6.45, 7) is 1.82. The number of carbonyl (C=O) groups is 1. The van der Waals surface area contributed by atoms with Crippen molar-refractivity contribution >= 4 is 5.78 Å². The van der Waals surface area contributed by atoms with Gasteiger partial charge in [-0.05, 0) is 25.1 Å². The van der Waals surface area contributed by atoms with Gasteiger partial charge in [0.2, 0.25) is 5.78 Å². The summed E-state index contributed by atoms with van der Waals surface area (Å²) in [6.07, 6.45) is 1.72. The minimum absolute atomic E-state index is 0.205. The summed E-state index contributed by atoms with van der Waals surface area (Å²) in [5.41, 5.74) is 1.49. The van der Waals surface area contributed by atoms with E-state index in [9.17, 15) is 4.79 Å². The first-order valence-corrected chi connectivity index (χ1v) is 4.51. The number of aryl methyl sites for hydroxylation is 2. The predicted molar refractivity (Wildman–Crippen MR) is 53.4 cm³/mol. The first-order valence-electron chi connectivity index (χ1n) is 4.51. The molecule has 0 saturated carbocycles. The summed E-state index contributed by atoms with van der Waals surface area (Å²) in [4.78, 5) is 11.8. The summed E-state index contributed by atoms with van der Waals surface area (Å²) in [5, 5.41) is 11.7. The number of nitrogens with zero attached hydrogens (tertiary/aromatic N) is 4. The molecule has 5 nitrogen and oxygen atoms in total. The number of carbonyl (C=O) groups excluding carboxylic acids is 1. The Kier molecular flexibility index (Phi) is 2.29. The largest absolute Gasteiger partial charge is 0.285 e. The Morgan fingerprint density at radius 3 is 2.53 bits per heavy atom. The van der Waals surface area contributed by atoms with Crippen LogP contribution in [-0.4, -0.2) is 25.8 Å². The average Bonchev–Trinajstić information content (AvgIpc) is 2.65. The molecule has 0 atom stereocenters. The quantitative estimate of drug-likeness (QED) is 0.674. The van der Waals surface area contributed by atoms with Crippen LogP contribution in [0.2, 0.25) is 0 Å². The molecule has 0 aliphatic carbocycles. The molecule has 0 aliphatic rings. The van der Waals surface area contributed by atoms with Crippen LogP contribution in [0.3, 0.4) is 0 Å². The molecule has 2 heterocycles. The van der Waals surface area contributed by atoms with E-state index in [0.717, 1.165) is 5.69 Å². The molecule has 0 spiro atoms. The van der Waals surface area contributed by atoms with Crippen molar-refractivity contribution in [2.45, 2.75) is 6.92 Å². The Bertz CT molecular complexity index is 486. The van der Waals surface area contributed by atoms with E-state index < -0.39 is 0 Å². The molecule has 0 fully saturated rings. The maximum Gasteiger partial charge on any atom is 0.233 e. The second kappa shape index (κ2) is 3.61. The van der Waals surface area contributed by atoms with Gasteiger partial charge in [0.15, 0.2) is 0 Å². The highest BCUT2D eigenvalue weighted by Crippen LogP contribution is 2.04. The monoisotopic (exact) mass is 202 g/mol. The van der Waals surface area contributed by atoms with Crippen molar-refractivity contribution in [3.05, 3.63) is 41.5 Å². The lowest BCUT2D eigenvalue weighted by Gasteiger charge is -1.95. The highest BCUT2D eigenvalue weighted by Gasteiger charge is 2.13. The van der Waals surface area contributed by atoms with Crippen molar-refractivity contribution in [1.29, 1.82) is 0 Å². The molecule has 2 aromatic rings. The van der Waals surface area contributed by atoms with Gasteiger partial charge >= 0.3 is 0 Å². The number of ketones is 1. The first kappa shape index (κ1) is 9.51. The van der Waals surface area contributed by atoms with E-state index in [1.807, 2.05) is 6.92 Å². The van der Waals surface area contributed by atoms with Crippen LogP contribution in [0, 0.1) is 6.92 Å². The fourth-order valence-electron chi connectivity index (χ4n) is 1.19. The molecular formula is C10H10N4O. The van der Waals surface area contributed by atoms with E-state index in [1.54, 1.807) is 36.1 Å². The predicted octanol–water partition coefficient (Wildman–Crippen LogP) is 0.750. The van der Waals surface area contributed by atoms with E-state index in [2.05, 4.69) is 15.3 Å². The van der Waals surface area contributed by atoms with Crippen LogP contribution in [0.1, 0.15) is 21.9 Å². The summed E-state index contributed by atoms with van der Waals surface area (Å²) < 4.78 is 1.58. The van der Waals surface area contributed by atoms with Crippen LogP contribution in [0.4, 0.5) is 0 Å². The van der Waals surface area contributed by atoms with E-state index in [-0.39, 0.29) is 5.78 Å². The van der Waals surface area contributed by atoms with Gasteiger partial charge in [0.05, 0.1) is 5.69 Å². The highest BCUT2D eigenvalue weighted by molar-refractivity contribution is 6.06. The molecule has 76 valence electrons. The van der Waals surface area contributed by atoms with Gasteiger partial charge in [-0.3, -0.25) is 9.48 Å². The molecule has 0 radical (unpaired) electrons. The Hall–Kier alpha value is -2.04. The molecule has 0 aliphatic heterocycles. The first-order chi connectivity index (χ1) is 7.16. The molecule has 0 bridgehead atoms. The molecular weight excluding hydrogens is 192 g/mol. The summed E-state index contributed by atoms with van der Waals surface area (Å²) in [5.74, 6) is -0.205. The number of hydrogen-bond donors (Lipinski definition) is 0. The molecule has 0 N–H and O–H groups in total. The number of aromatic nitrogens is 4. The Labute approximate surface area is 86.8 Å². The highest BCUT2D eigenvalue weighted by atomic mass is 16.1. The zero-order valence-electron chi connectivity index (χ0n) is 8.51. The smallest absolute Gasteiger partial charge is 0.233 e. The minimum atomic E-state index is -0.205. The van der Waals surface area contributed by atoms with Crippen LogP contribution in [0.5, 0.6) is 0 Å². The minimum Gasteiger partial charge on any atom is -0.285 e. The van der Waals surface area contributed by atoms with Crippen LogP contribution in [0.25, 0.3) is 0 Å². The fourth-order valence-corrected chi connectivity index (χ4v) is 1.19. The van der Waals surface area contributed by atoms with E-state index in [1.165, 1.54) is 0 Å². The third-order valence-electron chi connectivity index (χ3n) is 1.98. The van der Waals surface area contributed by atoms with Crippen LogP contribution >= 0.6 is 0 Å². The lowest BCUT2D eigenvalue weighted by atomic mass is 10.2. The molecule has 15 heavy (non-hydrogen) atoms. The third kappa shape index (κ3) is 1.90. The zero-order chi connectivity index (χ0) is 10.8. The molecule has 0 aromatic carbocycles. The summed E-state index contributed by atoms with van der Waals surface area (Å²) >= 11 is 0. The standard InChI is InChI=1S/C10H10N4O/c1-7-3-4-8(12-11-7)10(15)9-5-6-14(2)13-9/h3-6H,1-2H3. The zero-order valence-corrected chi connectivity index (χ0v) is 8.51. The molecule has 0 saturated heterocycles. The number of hydrogen-bond acceptors (Lipinski definition) is 4. The Morgan fingerprint density at radius 1 is 1.20 bits per heavy atom. The normalized spacial score (nSPS) is 10.3. The van der Waals surface area contributed by atoms with E-state index in [0.29, 0.717) is 11.4 Å². The summed E-state index contributed by atoms with van der Waals surface area (Å²) in [6, 6.07) is 5.06.